The maximum absolute atomic E-state index is 15.0. The Balaban J connectivity index is 1.75. The zero-order valence-electron chi connectivity index (χ0n) is 19.4. The summed E-state index contributed by atoms with van der Waals surface area (Å²) in [4.78, 5) is 34.1. The third kappa shape index (κ3) is 4.17. The lowest BCUT2D eigenvalue weighted by atomic mass is 10.0. The third-order valence-corrected chi connectivity index (χ3v) is 8.35. The minimum absolute atomic E-state index is 0.0694. The van der Waals surface area contributed by atoms with Crippen LogP contribution in [0, 0.1) is 11.6 Å². The highest BCUT2D eigenvalue weighted by Crippen LogP contribution is 2.46. The molecule has 1 amide bonds. The molecular formula is C25H22Cl2F2N4O2S. The van der Waals surface area contributed by atoms with Gasteiger partial charge in [-0.3, -0.25) is 9.36 Å². The van der Waals surface area contributed by atoms with Gasteiger partial charge in [0, 0.05) is 59.7 Å². The first-order valence-corrected chi connectivity index (χ1v) is 13.2. The van der Waals surface area contributed by atoms with Crippen LogP contribution < -0.4 is 10.6 Å². The molecule has 1 aromatic heterocycles. The Kier molecular flexibility index (Phi) is 6.74. The number of aromatic nitrogens is 2. The van der Waals surface area contributed by atoms with Crippen molar-refractivity contribution in [2.75, 3.05) is 30.3 Å². The Hall–Kier alpha value is -2.62. The average molecular weight is 551 g/mol. The molecule has 0 aliphatic carbocycles. The first-order chi connectivity index (χ1) is 17.2. The molecule has 6 nitrogen and oxygen atoms in total. The van der Waals surface area contributed by atoms with E-state index in [1.807, 2.05) is 11.8 Å². The van der Waals surface area contributed by atoms with Gasteiger partial charge in [-0.1, -0.05) is 29.8 Å². The molecule has 3 heterocycles. The summed E-state index contributed by atoms with van der Waals surface area (Å²) in [5, 5.41) is 0.688. The second-order valence-corrected chi connectivity index (χ2v) is 10.7. The summed E-state index contributed by atoms with van der Waals surface area (Å²) >= 11 is 14.2. The molecule has 0 radical (unpaired) electrons. The summed E-state index contributed by atoms with van der Waals surface area (Å²) in [5.74, 6) is -0.654. The molecule has 11 heteroatoms. The number of hydrogen-bond acceptors (Lipinski definition) is 5. The number of benzene rings is 2. The number of carbonyl (C=O) groups excluding carboxylic acids is 1. The zero-order chi connectivity index (χ0) is 25.7. The van der Waals surface area contributed by atoms with Crippen LogP contribution in [0.5, 0.6) is 0 Å². The van der Waals surface area contributed by atoms with Crippen LogP contribution in [0.2, 0.25) is 10.0 Å². The predicted molar refractivity (Wildman–Crippen MR) is 140 cm³/mol. The van der Waals surface area contributed by atoms with E-state index in [0.717, 1.165) is 6.07 Å². The van der Waals surface area contributed by atoms with Crippen molar-refractivity contribution in [3.8, 4) is 11.1 Å². The van der Waals surface area contributed by atoms with Gasteiger partial charge in [0.15, 0.2) is 0 Å². The van der Waals surface area contributed by atoms with Crippen LogP contribution in [-0.2, 0) is 11.3 Å². The molecule has 1 atom stereocenters. The fourth-order valence-electron chi connectivity index (χ4n) is 4.89. The second-order valence-electron chi connectivity index (χ2n) is 8.81. The highest BCUT2D eigenvalue weighted by molar-refractivity contribution is 7.99. The van der Waals surface area contributed by atoms with Gasteiger partial charge < -0.3 is 9.80 Å². The molecule has 1 saturated heterocycles. The maximum Gasteiger partial charge on any atom is 0.350 e. The van der Waals surface area contributed by atoms with E-state index in [2.05, 4.69) is 11.6 Å². The number of amides is 1. The van der Waals surface area contributed by atoms with Crippen molar-refractivity contribution < 1.29 is 13.6 Å². The Morgan fingerprint density at radius 2 is 1.94 bits per heavy atom. The Morgan fingerprint density at radius 3 is 2.67 bits per heavy atom. The molecule has 0 bridgehead atoms. The van der Waals surface area contributed by atoms with Gasteiger partial charge in [0.1, 0.15) is 17.5 Å². The van der Waals surface area contributed by atoms with Crippen molar-refractivity contribution in [1.82, 2.24) is 14.5 Å². The zero-order valence-corrected chi connectivity index (χ0v) is 21.7. The number of nitrogens with zero attached hydrogens (tertiary/aromatic N) is 4. The average Bonchev–Trinajstić information content (AvgIpc) is 3.07. The molecular weight excluding hydrogens is 529 g/mol. The summed E-state index contributed by atoms with van der Waals surface area (Å²) in [6.07, 6.45) is 2.00. The molecule has 0 N–H and O–H groups in total. The minimum Gasteiger partial charge on any atom is -0.350 e. The Labute approximate surface area is 220 Å². The molecule has 5 rings (SSSR count). The van der Waals surface area contributed by atoms with Crippen LogP contribution in [0.15, 0.2) is 40.5 Å². The number of carbonyl (C=O) groups is 1. The van der Waals surface area contributed by atoms with Gasteiger partial charge in [-0.25, -0.2) is 13.6 Å². The van der Waals surface area contributed by atoms with E-state index in [0.29, 0.717) is 65.5 Å². The topological polar surface area (TPSA) is 58.4 Å². The maximum atomic E-state index is 15.0. The van der Waals surface area contributed by atoms with Gasteiger partial charge in [-0.15, -0.1) is 11.8 Å². The van der Waals surface area contributed by atoms with E-state index in [-0.39, 0.29) is 27.6 Å². The number of anilines is 1. The highest BCUT2D eigenvalue weighted by atomic mass is 35.5. The number of halogens is 4. The molecule has 2 aliphatic rings. The van der Waals surface area contributed by atoms with Gasteiger partial charge in [-0.05, 0) is 37.3 Å². The van der Waals surface area contributed by atoms with Crippen molar-refractivity contribution >= 4 is 57.6 Å². The largest absolute Gasteiger partial charge is 0.350 e. The Bertz CT molecular complexity index is 1480. The van der Waals surface area contributed by atoms with Gasteiger partial charge in [-0.2, -0.15) is 4.98 Å². The monoisotopic (exact) mass is 550 g/mol. The van der Waals surface area contributed by atoms with Crippen LogP contribution in [-0.4, -0.2) is 51.8 Å². The lowest BCUT2D eigenvalue weighted by Crippen LogP contribution is -2.54. The normalized spacial score (nSPS) is 17.9. The number of thioether (sulfide) groups is 1. The number of rotatable bonds is 3. The van der Waals surface area contributed by atoms with Gasteiger partial charge in [0.05, 0.1) is 15.6 Å². The van der Waals surface area contributed by atoms with Crippen LogP contribution in [0.4, 0.5) is 14.6 Å². The van der Waals surface area contributed by atoms with E-state index in [4.69, 9.17) is 23.2 Å². The molecule has 188 valence electrons. The standard InChI is InChI=1S/C25H22Cl2F2N4O2S/c1-3-20(34)31-6-7-32(13(2)12-31)24-15-10-17(27)21(14-9-16(26)19(29)11-18(14)28)23-22(15)33(25(35)30-24)5-4-8-36-23/h3,9-11,13H,1,4-8,12H2,2H3/t13-/m0/s1. The predicted octanol–water partition coefficient (Wildman–Crippen LogP) is 5.37. The van der Waals surface area contributed by atoms with Gasteiger partial charge in [0.2, 0.25) is 5.91 Å². The van der Waals surface area contributed by atoms with Crippen molar-refractivity contribution in [3.05, 3.63) is 63.0 Å². The van der Waals surface area contributed by atoms with Crippen molar-refractivity contribution in [3.63, 3.8) is 0 Å². The van der Waals surface area contributed by atoms with Crippen molar-refractivity contribution in [2.24, 2.45) is 0 Å². The number of piperazine rings is 1. The molecule has 2 aromatic carbocycles. The van der Waals surface area contributed by atoms with Crippen molar-refractivity contribution in [2.45, 2.75) is 30.8 Å². The lowest BCUT2D eigenvalue weighted by molar-refractivity contribution is -0.126. The minimum atomic E-state index is -0.861. The summed E-state index contributed by atoms with van der Waals surface area (Å²) in [7, 11) is 0. The first-order valence-electron chi connectivity index (χ1n) is 11.4. The second kappa shape index (κ2) is 9.68. The summed E-state index contributed by atoms with van der Waals surface area (Å²) in [6.45, 7) is 7.34. The van der Waals surface area contributed by atoms with E-state index in [1.165, 1.54) is 23.9 Å². The van der Waals surface area contributed by atoms with Crippen LogP contribution in [0.1, 0.15) is 13.3 Å². The molecule has 0 spiro atoms. The molecule has 1 fully saturated rings. The van der Waals surface area contributed by atoms with Crippen LogP contribution in [0.3, 0.4) is 0 Å². The quantitative estimate of drug-likeness (QED) is 0.324. The van der Waals surface area contributed by atoms with E-state index in [1.54, 1.807) is 15.5 Å². The summed E-state index contributed by atoms with van der Waals surface area (Å²) in [6, 6.07) is 3.53. The highest BCUT2D eigenvalue weighted by Gasteiger charge is 2.31. The number of hydrogen-bond donors (Lipinski definition) is 0. The number of aryl methyl sites for hydroxylation is 1. The Morgan fingerprint density at radius 1 is 1.17 bits per heavy atom. The first kappa shape index (κ1) is 25.0. The molecule has 3 aromatic rings. The van der Waals surface area contributed by atoms with Crippen LogP contribution in [0.25, 0.3) is 22.0 Å². The molecule has 0 unspecified atom stereocenters. The summed E-state index contributed by atoms with van der Waals surface area (Å²) < 4.78 is 30.5. The third-order valence-electron chi connectivity index (χ3n) is 6.59. The van der Waals surface area contributed by atoms with E-state index >= 15 is 0 Å². The van der Waals surface area contributed by atoms with Gasteiger partial charge >= 0.3 is 5.69 Å². The smallest absolute Gasteiger partial charge is 0.350 e. The summed E-state index contributed by atoms with van der Waals surface area (Å²) in [5.41, 5.74) is 0.641. The molecule has 36 heavy (non-hydrogen) atoms. The molecule has 0 saturated carbocycles. The van der Waals surface area contributed by atoms with E-state index < -0.39 is 17.3 Å². The van der Waals surface area contributed by atoms with E-state index in [9.17, 15) is 18.4 Å². The fraction of sp³-hybridized carbons (Fsp3) is 0.320. The van der Waals surface area contributed by atoms with Crippen LogP contribution >= 0.6 is 35.0 Å². The molecule has 2 aliphatic heterocycles. The van der Waals surface area contributed by atoms with Gasteiger partial charge in [0.25, 0.3) is 0 Å². The SMILES string of the molecule is C=CC(=O)N1CCN(c2nc(=O)n3c4c(c(-c5cc(Cl)c(F)cc5F)c(Cl)cc24)SCCC3)[C@@H](C)C1. The lowest BCUT2D eigenvalue weighted by Gasteiger charge is -2.40. The fourth-order valence-corrected chi connectivity index (χ4v) is 6.62. The van der Waals surface area contributed by atoms with Crippen molar-refractivity contribution in [1.29, 1.82) is 0 Å².